The van der Waals surface area contributed by atoms with Crippen LogP contribution in [0.3, 0.4) is 0 Å². The molecule has 1 aromatic rings. The minimum absolute atomic E-state index is 0.132. The molecule has 5 nitrogen and oxygen atoms in total. The van der Waals surface area contributed by atoms with Gasteiger partial charge < -0.3 is 14.2 Å². The molecule has 0 radical (unpaired) electrons. The molecule has 0 bridgehead atoms. The van der Waals surface area contributed by atoms with E-state index in [0.717, 1.165) is 0 Å². The van der Waals surface area contributed by atoms with Gasteiger partial charge in [0.1, 0.15) is 5.69 Å². The van der Waals surface area contributed by atoms with E-state index in [9.17, 15) is 9.59 Å². The zero-order valence-electron chi connectivity index (χ0n) is 12.5. The third kappa shape index (κ3) is 3.76. The summed E-state index contributed by atoms with van der Waals surface area (Å²) in [6, 6.07) is 1.77. The van der Waals surface area contributed by atoms with Crippen LogP contribution in [-0.4, -0.2) is 42.0 Å². The van der Waals surface area contributed by atoms with E-state index in [2.05, 4.69) is 4.74 Å². The van der Waals surface area contributed by atoms with E-state index < -0.39 is 0 Å². The van der Waals surface area contributed by atoms with Crippen molar-refractivity contribution in [3.8, 4) is 0 Å². The molecule has 112 valence electrons. The molecule has 0 aliphatic rings. The van der Waals surface area contributed by atoms with Crippen molar-refractivity contribution in [1.29, 1.82) is 0 Å². The van der Waals surface area contributed by atoms with Gasteiger partial charge in [0, 0.05) is 25.8 Å². The Morgan fingerprint density at radius 1 is 1.40 bits per heavy atom. The van der Waals surface area contributed by atoms with Gasteiger partial charge in [-0.1, -0.05) is 18.5 Å². The Labute approximate surface area is 124 Å². The summed E-state index contributed by atoms with van der Waals surface area (Å²) in [6.07, 6.45) is 1.73. The summed E-state index contributed by atoms with van der Waals surface area (Å²) >= 11 is 5.97. The molecule has 0 aliphatic heterocycles. The van der Waals surface area contributed by atoms with E-state index in [1.807, 2.05) is 18.4 Å². The van der Waals surface area contributed by atoms with Crippen LogP contribution in [0.2, 0.25) is 5.02 Å². The second-order valence-electron chi connectivity index (χ2n) is 5.15. The van der Waals surface area contributed by atoms with Gasteiger partial charge in [0.25, 0.3) is 5.91 Å². The fraction of sp³-hybridized carbons (Fsp3) is 0.571. The molecule has 1 atom stereocenters. The molecule has 0 saturated carbocycles. The monoisotopic (exact) mass is 300 g/mol. The third-order valence-electron chi connectivity index (χ3n) is 3.09. The number of rotatable bonds is 5. The van der Waals surface area contributed by atoms with Gasteiger partial charge in [-0.25, -0.2) is 0 Å². The number of ether oxygens (including phenoxy) is 1. The van der Waals surface area contributed by atoms with Crippen LogP contribution < -0.4 is 0 Å². The van der Waals surface area contributed by atoms with Crippen LogP contribution in [0.15, 0.2) is 12.3 Å². The van der Waals surface area contributed by atoms with Crippen LogP contribution in [0, 0.1) is 5.92 Å². The Morgan fingerprint density at radius 2 is 2.00 bits per heavy atom. The Morgan fingerprint density at radius 3 is 2.50 bits per heavy atom. The van der Waals surface area contributed by atoms with E-state index in [1.165, 1.54) is 12.0 Å². The fourth-order valence-electron chi connectivity index (χ4n) is 2.01. The van der Waals surface area contributed by atoms with Gasteiger partial charge in [0.2, 0.25) is 0 Å². The first-order valence-corrected chi connectivity index (χ1v) is 6.86. The number of hydrogen-bond acceptors (Lipinski definition) is 3. The highest BCUT2D eigenvalue weighted by Gasteiger charge is 2.22. The normalized spacial score (nSPS) is 12.3. The number of nitrogens with zero attached hydrogens (tertiary/aromatic N) is 2. The predicted molar refractivity (Wildman–Crippen MR) is 78.0 cm³/mol. The first-order chi connectivity index (χ1) is 9.27. The first kappa shape index (κ1) is 16.6. The quantitative estimate of drug-likeness (QED) is 0.785. The number of halogens is 1. The van der Waals surface area contributed by atoms with Gasteiger partial charge in [0.05, 0.1) is 18.1 Å². The maximum atomic E-state index is 12.4. The maximum absolute atomic E-state index is 12.4. The van der Waals surface area contributed by atoms with Crippen molar-refractivity contribution >= 4 is 23.5 Å². The first-order valence-electron chi connectivity index (χ1n) is 6.48. The molecule has 1 heterocycles. The zero-order valence-corrected chi connectivity index (χ0v) is 13.3. The molecule has 0 aliphatic carbocycles. The van der Waals surface area contributed by atoms with Gasteiger partial charge in [-0.05, 0) is 19.9 Å². The van der Waals surface area contributed by atoms with E-state index in [-0.39, 0.29) is 23.8 Å². The van der Waals surface area contributed by atoms with Crippen molar-refractivity contribution in [1.82, 2.24) is 9.47 Å². The molecule has 0 N–H and O–H groups in total. The topological polar surface area (TPSA) is 51.5 Å². The molecule has 0 spiro atoms. The highest BCUT2D eigenvalue weighted by Crippen LogP contribution is 2.20. The maximum Gasteiger partial charge on any atom is 0.310 e. The lowest BCUT2D eigenvalue weighted by atomic mass is 10.1. The standard InChI is InChI=1S/C14H21ClN2O3/c1-9(2)17-8-11(15)6-12(17)13(18)16(4)7-10(3)14(19)20-5/h6,8-10H,7H2,1-5H3. The molecule has 0 saturated heterocycles. The van der Waals surface area contributed by atoms with Gasteiger partial charge in [0.15, 0.2) is 0 Å². The number of methoxy groups -OCH3 is 1. The van der Waals surface area contributed by atoms with Crippen LogP contribution in [0.4, 0.5) is 0 Å². The molecule has 0 aromatic carbocycles. The summed E-state index contributed by atoms with van der Waals surface area (Å²) < 4.78 is 6.48. The van der Waals surface area contributed by atoms with Crippen LogP contribution in [0.5, 0.6) is 0 Å². The largest absolute Gasteiger partial charge is 0.469 e. The van der Waals surface area contributed by atoms with Crippen molar-refractivity contribution < 1.29 is 14.3 Å². The Kier molecular flexibility index (Phi) is 5.62. The van der Waals surface area contributed by atoms with Crippen LogP contribution >= 0.6 is 11.6 Å². The average Bonchev–Trinajstić information content (AvgIpc) is 2.78. The number of hydrogen-bond donors (Lipinski definition) is 0. The highest BCUT2D eigenvalue weighted by atomic mass is 35.5. The van der Waals surface area contributed by atoms with Gasteiger partial charge >= 0.3 is 5.97 Å². The van der Waals surface area contributed by atoms with E-state index in [4.69, 9.17) is 11.6 Å². The number of carbonyl (C=O) groups excluding carboxylic acids is 2. The molecular weight excluding hydrogens is 280 g/mol. The number of aromatic nitrogens is 1. The van der Waals surface area contributed by atoms with Crippen molar-refractivity contribution in [2.24, 2.45) is 5.92 Å². The molecule has 0 fully saturated rings. The summed E-state index contributed by atoms with van der Waals surface area (Å²) in [5.41, 5.74) is 0.518. The zero-order chi connectivity index (χ0) is 15.4. The number of amides is 1. The minimum Gasteiger partial charge on any atom is -0.469 e. The van der Waals surface area contributed by atoms with Crippen LogP contribution in [-0.2, 0) is 9.53 Å². The second kappa shape index (κ2) is 6.79. The molecule has 1 unspecified atom stereocenters. The molecule has 1 amide bonds. The Balaban J connectivity index is 2.87. The number of carbonyl (C=O) groups is 2. The second-order valence-corrected chi connectivity index (χ2v) is 5.59. The van der Waals surface area contributed by atoms with Gasteiger partial charge in [-0.3, -0.25) is 9.59 Å². The SMILES string of the molecule is COC(=O)C(C)CN(C)C(=O)c1cc(Cl)cn1C(C)C. The highest BCUT2D eigenvalue weighted by molar-refractivity contribution is 6.31. The lowest BCUT2D eigenvalue weighted by molar-refractivity contribution is -0.145. The lowest BCUT2D eigenvalue weighted by Crippen LogP contribution is -2.35. The van der Waals surface area contributed by atoms with Crippen molar-refractivity contribution in [2.45, 2.75) is 26.8 Å². The van der Waals surface area contributed by atoms with Gasteiger partial charge in [-0.15, -0.1) is 0 Å². The summed E-state index contributed by atoms with van der Waals surface area (Å²) in [7, 11) is 3.00. The number of esters is 1. The molecular formula is C14H21ClN2O3. The third-order valence-corrected chi connectivity index (χ3v) is 3.30. The average molecular weight is 301 g/mol. The predicted octanol–water partition coefficient (Wildman–Crippen LogP) is 2.60. The lowest BCUT2D eigenvalue weighted by Gasteiger charge is -2.22. The smallest absolute Gasteiger partial charge is 0.310 e. The molecule has 1 aromatic heterocycles. The van der Waals surface area contributed by atoms with Crippen molar-refractivity contribution in [3.63, 3.8) is 0 Å². The summed E-state index contributed by atoms with van der Waals surface area (Å²) in [6.45, 7) is 5.98. The van der Waals surface area contributed by atoms with Gasteiger partial charge in [-0.2, -0.15) is 0 Å². The fourth-order valence-corrected chi connectivity index (χ4v) is 2.22. The van der Waals surface area contributed by atoms with E-state index in [1.54, 1.807) is 26.2 Å². The molecule has 6 heteroatoms. The summed E-state index contributed by atoms with van der Waals surface area (Å²) in [4.78, 5) is 25.3. The van der Waals surface area contributed by atoms with Crippen LogP contribution in [0.25, 0.3) is 0 Å². The molecule has 20 heavy (non-hydrogen) atoms. The molecule has 1 rings (SSSR count). The Bertz CT molecular complexity index is 497. The van der Waals surface area contributed by atoms with Crippen LogP contribution in [0.1, 0.15) is 37.3 Å². The van der Waals surface area contributed by atoms with E-state index in [0.29, 0.717) is 17.3 Å². The minimum atomic E-state index is -0.369. The summed E-state index contributed by atoms with van der Waals surface area (Å²) in [5, 5.41) is 0.525. The van der Waals surface area contributed by atoms with Crippen molar-refractivity contribution in [2.75, 3.05) is 20.7 Å². The van der Waals surface area contributed by atoms with Crippen molar-refractivity contribution in [3.05, 3.63) is 23.0 Å². The summed E-state index contributed by atoms with van der Waals surface area (Å²) in [5.74, 6) is -0.866. The Hall–Kier alpha value is -1.49. The van der Waals surface area contributed by atoms with E-state index >= 15 is 0 Å².